The molecular formula is C26H24F4N2O3. The molecule has 5 nitrogen and oxygen atoms in total. The molecule has 184 valence electrons. The Morgan fingerprint density at radius 3 is 2.43 bits per heavy atom. The summed E-state index contributed by atoms with van der Waals surface area (Å²) in [6.45, 7) is 1.97. The number of benzene rings is 3. The molecule has 4 rings (SSSR count). The summed E-state index contributed by atoms with van der Waals surface area (Å²) in [5.41, 5.74) is -0.290. The number of hydrogen-bond donors (Lipinski definition) is 1. The number of carbonyl (C=O) groups is 1. The first-order valence-corrected chi connectivity index (χ1v) is 11.1. The van der Waals surface area contributed by atoms with Crippen molar-refractivity contribution in [2.45, 2.75) is 19.3 Å². The van der Waals surface area contributed by atoms with Crippen LogP contribution < -0.4 is 10.1 Å². The molecule has 0 radical (unpaired) electrons. The minimum Gasteiger partial charge on any atom is -0.488 e. The molecule has 0 saturated carbocycles. The molecule has 0 unspecified atom stereocenters. The van der Waals surface area contributed by atoms with E-state index in [-0.39, 0.29) is 35.7 Å². The topological polar surface area (TPSA) is 50.8 Å². The maximum Gasteiger partial charge on any atom is 0.416 e. The van der Waals surface area contributed by atoms with Gasteiger partial charge in [-0.15, -0.1) is 0 Å². The van der Waals surface area contributed by atoms with Crippen molar-refractivity contribution in [3.05, 3.63) is 94.8 Å². The van der Waals surface area contributed by atoms with Gasteiger partial charge in [-0.1, -0.05) is 36.4 Å². The van der Waals surface area contributed by atoms with Gasteiger partial charge in [0.25, 0.3) is 5.91 Å². The fraction of sp³-hybridized carbons (Fsp3) is 0.269. The van der Waals surface area contributed by atoms with Gasteiger partial charge in [-0.3, -0.25) is 9.69 Å². The van der Waals surface area contributed by atoms with E-state index in [2.05, 4.69) is 5.32 Å². The second-order valence-corrected chi connectivity index (χ2v) is 8.13. The lowest BCUT2D eigenvalue weighted by Crippen LogP contribution is -2.36. The predicted octanol–water partition coefficient (Wildman–Crippen LogP) is 5.51. The first-order valence-electron chi connectivity index (χ1n) is 11.1. The molecule has 1 aliphatic heterocycles. The van der Waals surface area contributed by atoms with E-state index < -0.39 is 23.5 Å². The van der Waals surface area contributed by atoms with Gasteiger partial charge in [0.05, 0.1) is 24.3 Å². The van der Waals surface area contributed by atoms with Crippen LogP contribution in [0, 0.1) is 5.82 Å². The molecule has 1 heterocycles. The van der Waals surface area contributed by atoms with E-state index in [0.29, 0.717) is 26.3 Å². The highest BCUT2D eigenvalue weighted by Gasteiger charge is 2.36. The fourth-order valence-corrected chi connectivity index (χ4v) is 3.81. The van der Waals surface area contributed by atoms with Gasteiger partial charge in [-0.25, -0.2) is 4.39 Å². The van der Waals surface area contributed by atoms with Crippen molar-refractivity contribution in [1.82, 2.24) is 4.90 Å². The van der Waals surface area contributed by atoms with E-state index in [1.807, 2.05) is 35.2 Å². The van der Waals surface area contributed by atoms with Gasteiger partial charge in [-0.05, 0) is 41.5 Å². The maximum atomic E-state index is 14.0. The van der Waals surface area contributed by atoms with Crippen LogP contribution in [0.5, 0.6) is 5.75 Å². The van der Waals surface area contributed by atoms with Crippen LogP contribution in [0.2, 0.25) is 0 Å². The van der Waals surface area contributed by atoms with Crippen molar-refractivity contribution in [3.8, 4) is 5.75 Å². The van der Waals surface area contributed by atoms with Crippen molar-refractivity contribution in [2.24, 2.45) is 0 Å². The van der Waals surface area contributed by atoms with Crippen LogP contribution in [0.3, 0.4) is 0 Å². The number of morpholine rings is 1. The molecule has 0 aromatic heterocycles. The van der Waals surface area contributed by atoms with Crippen molar-refractivity contribution in [3.63, 3.8) is 0 Å². The molecule has 1 saturated heterocycles. The minimum absolute atomic E-state index is 0.00441. The van der Waals surface area contributed by atoms with Crippen LogP contribution in [0.15, 0.2) is 66.7 Å². The molecule has 1 N–H and O–H groups in total. The van der Waals surface area contributed by atoms with Gasteiger partial charge < -0.3 is 14.8 Å². The van der Waals surface area contributed by atoms with E-state index in [1.165, 1.54) is 24.3 Å². The molecule has 1 amide bonds. The van der Waals surface area contributed by atoms with Crippen molar-refractivity contribution < 1.29 is 31.8 Å². The van der Waals surface area contributed by atoms with Gasteiger partial charge >= 0.3 is 6.18 Å². The van der Waals surface area contributed by atoms with Crippen LogP contribution in [0.1, 0.15) is 27.0 Å². The Balaban J connectivity index is 1.71. The number of alkyl halides is 3. The number of anilines is 1. The first-order chi connectivity index (χ1) is 16.8. The third-order valence-corrected chi connectivity index (χ3v) is 5.57. The average Bonchev–Trinajstić information content (AvgIpc) is 2.83. The summed E-state index contributed by atoms with van der Waals surface area (Å²) in [7, 11) is 0. The molecule has 1 fully saturated rings. The van der Waals surface area contributed by atoms with Gasteiger partial charge in [0.15, 0.2) is 0 Å². The summed E-state index contributed by atoms with van der Waals surface area (Å²) < 4.78 is 66.8. The molecule has 0 spiro atoms. The molecule has 1 aliphatic rings. The lowest BCUT2D eigenvalue weighted by Gasteiger charge is -2.28. The van der Waals surface area contributed by atoms with E-state index in [9.17, 15) is 22.4 Å². The molecule has 9 heteroatoms. The normalized spacial score (nSPS) is 14.5. The SMILES string of the molecule is O=C(Nc1cccc(F)c1)c1cc(C(F)(F)F)c(CN2CCOCC2)cc1OCc1ccccc1. The summed E-state index contributed by atoms with van der Waals surface area (Å²) in [6.07, 6.45) is -4.69. The number of nitrogens with one attached hydrogen (secondary N) is 1. The van der Waals surface area contributed by atoms with E-state index in [4.69, 9.17) is 9.47 Å². The van der Waals surface area contributed by atoms with Crippen molar-refractivity contribution in [2.75, 3.05) is 31.6 Å². The van der Waals surface area contributed by atoms with Crippen LogP contribution in [0.4, 0.5) is 23.2 Å². The monoisotopic (exact) mass is 488 g/mol. The Morgan fingerprint density at radius 2 is 1.74 bits per heavy atom. The van der Waals surface area contributed by atoms with Crippen LogP contribution in [0.25, 0.3) is 0 Å². The lowest BCUT2D eigenvalue weighted by molar-refractivity contribution is -0.138. The van der Waals surface area contributed by atoms with E-state index in [1.54, 1.807) is 0 Å². The number of halogens is 4. The highest BCUT2D eigenvalue weighted by atomic mass is 19.4. The van der Waals surface area contributed by atoms with Crippen molar-refractivity contribution in [1.29, 1.82) is 0 Å². The minimum atomic E-state index is -4.69. The molecule has 0 bridgehead atoms. The first kappa shape index (κ1) is 24.7. The van der Waals surface area contributed by atoms with Gasteiger partial charge in [-0.2, -0.15) is 13.2 Å². The molecule has 3 aromatic carbocycles. The van der Waals surface area contributed by atoms with Crippen molar-refractivity contribution >= 4 is 11.6 Å². The summed E-state index contributed by atoms with van der Waals surface area (Å²) in [5, 5.41) is 2.46. The zero-order valence-electron chi connectivity index (χ0n) is 18.8. The highest BCUT2D eigenvalue weighted by molar-refractivity contribution is 6.06. The fourth-order valence-electron chi connectivity index (χ4n) is 3.81. The summed E-state index contributed by atoms with van der Waals surface area (Å²) >= 11 is 0. The number of rotatable bonds is 7. The molecule has 35 heavy (non-hydrogen) atoms. The van der Waals surface area contributed by atoms with Gasteiger partial charge in [0, 0.05) is 25.3 Å². The zero-order valence-corrected chi connectivity index (χ0v) is 18.8. The third kappa shape index (κ3) is 6.58. The Morgan fingerprint density at radius 1 is 1.00 bits per heavy atom. The molecular weight excluding hydrogens is 464 g/mol. The number of amides is 1. The van der Waals surface area contributed by atoms with Gasteiger partial charge in [0.2, 0.25) is 0 Å². The summed E-state index contributed by atoms with van der Waals surface area (Å²) in [6, 6.07) is 16.3. The lowest BCUT2D eigenvalue weighted by atomic mass is 10.0. The smallest absolute Gasteiger partial charge is 0.416 e. The second kappa shape index (κ2) is 10.9. The summed E-state index contributed by atoms with van der Waals surface area (Å²) in [5.74, 6) is -1.40. The predicted molar refractivity (Wildman–Crippen MR) is 123 cm³/mol. The van der Waals surface area contributed by atoms with E-state index in [0.717, 1.165) is 17.7 Å². The number of ether oxygens (including phenoxy) is 2. The van der Waals surface area contributed by atoms with E-state index >= 15 is 0 Å². The van der Waals surface area contributed by atoms with Crippen LogP contribution >= 0.6 is 0 Å². The number of carbonyl (C=O) groups excluding carboxylic acids is 1. The number of nitrogens with zero attached hydrogens (tertiary/aromatic N) is 1. The molecule has 3 aromatic rings. The standard InChI is InChI=1S/C26H24F4N2O3/c27-20-7-4-8-21(14-20)31-25(33)22-15-23(26(28,29)30)19(16-32-9-11-34-12-10-32)13-24(22)35-17-18-5-2-1-3-6-18/h1-8,13-15H,9-12,16-17H2,(H,31,33). The quantitative estimate of drug-likeness (QED) is 0.446. The average molecular weight is 488 g/mol. The maximum absolute atomic E-state index is 14.0. The Labute approximate surface area is 200 Å². The molecule has 0 aliphatic carbocycles. The number of hydrogen-bond acceptors (Lipinski definition) is 4. The summed E-state index contributed by atoms with van der Waals surface area (Å²) in [4.78, 5) is 14.9. The third-order valence-electron chi connectivity index (χ3n) is 5.57. The Hall–Kier alpha value is -3.43. The highest BCUT2D eigenvalue weighted by Crippen LogP contribution is 2.37. The van der Waals surface area contributed by atoms with Crippen LogP contribution in [-0.4, -0.2) is 37.1 Å². The second-order valence-electron chi connectivity index (χ2n) is 8.13. The molecule has 0 atom stereocenters. The Kier molecular flexibility index (Phi) is 7.67. The van der Waals surface area contributed by atoms with Gasteiger partial charge in [0.1, 0.15) is 18.2 Å². The van der Waals surface area contributed by atoms with Crippen LogP contribution in [-0.2, 0) is 24.1 Å². The largest absolute Gasteiger partial charge is 0.488 e. The Bertz CT molecular complexity index is 1160. The zero-order chi connectivity index (χ0) is 24.8.